The summed E-state index contributed by atoms with van der Waals surface area (Å²) >= 11 is 12.8. The zero-order chi connectivity index (χ0) is 32.5. The number of benzene rings is 3. The number of carbonyl (C=O) groups excluding carboxylic acids is 3. The van der Waals surface area contributed by atoms with Crippen LogP contribution < -0.4 is 10.6 Å². The van der Waals surface area contributed by atoms with Gasteiger partial charge in [-0.05, 0) is 58.3 Å². The third kappa shape index (κ3) is 8.46. The van der Waals surface area contributed by atoms with Crippen LogP contribution in [0.2, 0.25) is 10.2 Å². The molecule has 3 aromatic carbocycles. The van der Waals surface area contributed by atoms with Crippen molar-refractivity contribution < 1.29 is 23.9 Å². The molecule has 13 nitrogen and oxygen atoms in total. The van der Waals surface area contributed by atoms with E-state index in [1.807, 2.05) is 30.3 Å². The third-order valence-corrected chi connectivity index (χ3v) is 7.31. The Morgan fingerprint density at radius 2 is 1.80 bits per heavy atom. The van der Waals surface area contributed by atoms with E-state index in [2.05, 4.69) is 40.9 Å². The van der Waals surface area contributed by atoms with Crippen LogP contribution in [0.25, 0.3) is 16.9 Å². The molecule has 15 heteroatoms. The second-order valence-corrected chi connectivity index (χ2v) is 10.8. The molecule has 0 saturated heterocycles. The van der Waals surface area contributed by atoms with E-state index in [1.54, 1.807) is 42.5 Å². The van der Waals surface area contributed by atoms with Crippen molar-refractivity contribution in [3.05, 3.63) is 106 Å². The summed E-state index contributed by atoms with van der Waals surface area (Å²) in [7, 11) is 1.27. The van der Waals surface area contributed by atoms with E-state index in [4.69, 9.17) is 27.9 Å². The molecule has 3 N–H and O–H groups in total. The van der Waals surface area contributed by atoms with Crippen molar-refractivity contribution in [3.8, 4) is 16.9 Å². The number of anilines is 1. The molecule has 2 aromatic heterocycles. The maximum atomic E-state index is 13.3. The lowest BCUT2D eigenvalue weighted by Crippen LogP contribution is -2.31. The number of amides is 2. The van der Waals surface area contributed by atoms with Crippen molar-refractivity contribution in [3.63, 3.8) is 0 Å². The minimum Gasteiger partial charge on any atom is -0.461 e. The minimum absolute atomic E-state index is 0.0565. The van der Waals surface area contributed by atoms with Crippen molar-refractivity contribution in [1.29, 1.82) is 0 Å². The molecule has 0 aliphatic carbocycles. The lowest BCUT2D eigenvalue weighted by atomic mass is 10.1. The number of methoxy groups -OCH3 is 1. The first-order chi connectivity index (χ1) is 22.3. The number of hydrogen-bond acceptors (Lipinski definition) is 9. The van der Waals surface area contributed by atoms with Gasteiger partial charge in [-0.2, -0.15) is 0 Å². The standard InChI is InChI=1S/C31H28Cl2N8O5/c1-45-31(44)35-23-11-7-20(8-12-23)28-29(33)38-30(37-28)24(16-27(43)46-17-19-5-3-2-4-6-19)36-26(42)14-9-21-15-22(32)10-13-25(21)41-18-34-39-40-41/h2-8,10-13,15,18,24H,9,14,16-17H2,1H3,(H,35,44)(H,36,42)(H,37,38). The maximum absolute atomic E-state index is 13.3. The number of carbonyl (C=O) groups is 3. The number of tetrazole rings is 1. The Morgan fingerprint density at radius 3 is 2.52 bits per heavy atom. The highest BCUT2D eigenvalue weighted by atomic mass is 35.5. The predicted octanol–water partition coefficient (Wildman–Crippen LogP) is 5.46. The summed E-state index contributed by atoms with van der Waals surface area (Å²) in [6, 6.07) is 20.3. The number of rotatable bonds is 12. The maximum Gasteiger partial charge on any atom is 0.411 e. The Hall–Kier alpha value is -5.27. The van der Waals surface area contributed by atoms with Crippen LogP contribution in [0.3, 0.4) is 0 Å². The Kier molecular flexibility index (Phi) is 10.6. The summed E-state index contributed by atoms with van der Waals surface area (Å²) < 4.78 is 11.6. The largest absolute Gasteiger partial charge is 0.461 e. The zero-order valence-corrected chi connectivity index (χ0v) is 26.0. The Labute approximate surface area is 273 Å². The number of H-pyrrole nitrogens is 1. The van der Waals surface area contributed by atoms with Crippen LogP contribution in [0, 0.1) is 0 Å². The van der Waals surface area contributed by atoms with E-state index in [1.165, 1.54) is 18.1 Å². The second-order valence-electron chi connectivity index (χ2n) is 9.98. The van der Waals surface area contributed by atoms with Crippen LogP contribution in [0.5, 0.6) is 0 Å². The van der Waals surface area contributed by atoms with Gasteiger partial charge in [-0.25, -0.2) is 14.5 Å². The summed E-state index contributed by atoms with van der Waals surface area (Å²) in [5.74, 6) is -0.632. The van der Waals surface area contributed by atoms with Gasteiger partial charge in [-0.3, -0.25) is 14.9 Å². The number of esters is 1. The van der Waals surface area contributed by atoms with Gasteiger partial charge in [0, 0.05) is 22.7 Å². The van der Waals surface area contributed by atoms with Gasteiger partial charge < -0.3 is 19.8 Å². The highest BCUT2D eigenvalue weighted by molar-refractivity contribution is 6.32. The number of aryl methyl sites for hydroxylation is 1. The van der Waals surface area contributed by atoms with Gasteiger partial charge in [0.1, 0.15) is 29.6 Å². The fourth-order valence-corrected chi connectivity index (χ4v) is 4.99. The molecule has 0 bridgehead atoms. The molecule has 0 spiro atoms. The van der Waals surface area contributed by atoms with Crippen LogP contribution in [0.4, 0.5) is 10.5 Å². The van der Waals surface area contributed by atoms with Crippen LogP contribution in [-0.4, -0.2) is 55.3 Å². The van der Waals surface area contributed by atoms with E-state index in [9.17, 15) is 14.4 Å². The van der Waals surface area contributed by atoms with E-state index in [-0.39, 0.29) is 36.3 Å². The monoisotopic (exact) mass is 662 g/mol. The van der Waals surface area contributed by atoms with Crippen molar-refractivity contribution >= 4 is 46.9 Å². The average Bonchev–Trinajstić information content (AvgIpc) is 3.74. The number of ether oxygens (including phenoxy) is 2. The highest BCUT2D eigenvalue weighted by Crippen LogP contribution is 2.30. The molecule has 1 atom stereocenters. The number of hydrogen-bond donors (Lipinski definition) is 3. The molecule has 2 heterocycles. The number of halogens is 2. The lowest BCUT2D eigenvalue weighted by Gasteiger charge is -2.17. The summed E-state index contributed by atoms with van der Waals surface area (Å²) in [5, 5.41) is 17.5. The van der Waals surface area contributed by atoms with Crippen molar-refractivity contribution in [2.75, 3.05) is 12.4 Å². The second kappa shape index (κ2) is 15.1. The molecule has 2 amide bonds. The quantitative estimate of drug-likeness (QED) is 0.147. The van der Waals surface area contributed by atoms with Gasteiger partial charge in [-0.1, -0.05) is 65.7 Å². The SMILES string of the molecule is COC(=O)Nc1ccc(-c2nc(C(CC(=O)OCc3ccccc3)NC(=O)CCc3cc(Cl)ccc3-n3cnnn3)[nH]c2Cl)cc1. The van der Waals surface area contributed by atoms with Gasteiger partial charge in [0.25, 0.3) is 0 Å². The van der Waals surface area contributed by atoms with Crippen molar-refractivity contribution in [2.45, 2.75) is 31.9 Å². The van der Waals surface area contributed by atoms with Gasteiger partial charge in [0.05, 0.1) is 25.3 Å². The van der Waals surface area contributed by atoms with E-state index < -0.39 is 18.1 Å². The molecular formula is C31H28Cl2N8O5. The zero-order valence-electron chi connectivity index (χ0n) is 24.4. The lowest BCUT2D eigenvalue weighted by molar-refractivity contribution is -0.145. The topological polar surface area (TPSA) is 166 Å². The van der Waals surface area contributed by atoms with E-state index in [0.717, 1.165) is 11.1 Å². The van der Waals surface area contributed by atoms with E-state index >= 15 is 0 Å². The Balaban J connectivity index is 1.33. The number of imidazole rings is 1. The van der Waals surface area contributed by atoms with Crippen LogP contribution in [0.15, 0.2) is 79.1 Å². The number of aromatic nitrogens is 6. The molecule has 0 radical (unpaired) electrons. The van der Waals surface area contributed by atoms with Crippen LogP contribution in [-0.2, 0) is 32.1 Å². The Morgan fingerprint density at radius 1 is 1.02 bits per heavy atom. The molecule has 1 unspecified atom stereocenters. The van der Waals surface area contributed by atoms with E-state index in [0.29, 0.717) is 34.1 Å². The molecule has 5 rings (SSSR count). The number of aromatic amines is 1. The number of nitrogens with one attached hydrogen (secondary N) is 3. The first-order valence-corrected chi connectivity index (χ1v) is 14.8. The Bertz CT molecular complexity index is 1800. The molecule has 236 valence electrons. The van der Waals surface area contributed by atoms with Gasteiger partial charge in [-0.15, -0.1) is 5.10 Å². The molecule has 0 saturated carbocycles. The summed E-state index contributed by atoms with van der Waals surface area (Å²) in [5.41, 5.74) is 3.79. The summed E-state index contributed by atoms with van der Waals surface area (Å²) in [6.45, 7) is 0.0745. The number of nitrogens with zero attached hydrogens (tertiary/aromatic N) is 5. The predicted molar refractivity (Wildman–Crippen MR) is 169 cm³/mol. The smallest absolute Gasteiger partial charge is 0.411 e. The minimum atomic E-state index is -0.888. The molecule has 0 aliphatic rings. The van der Waals surface area contributed by atoms with Gasteiger partial charge in [0.2, 0.25) is 5.91 Å². The summed E-state index contributed by atoms with van der Waals surface area (Å²) in [4.78, 5) is 45.4. The van der Waals surface area contributed by atoms with Gasteiger partial charge >= 0.3 is 12.1 Å². The van der Waals surface area contributed by atoms with Crippen molar-refractivity contribution in [2.24, 2.45) is 0 Å². The van der Waals surface area contributed by atoms with Crippen LogP contribution >= 0.6 is 23.2 Å². The van der Waals surface area contributed by atoms with Gasteiger partial charge in [0.15, 0.2) is 0 Å². The first kappa shape index (κ1) is 32.1. The van der Waals surface area contributed by atoms with Crippen LogP contribution in [0.1, 0.15) is 35.8 Å². The van der Waals surface area contributed by atoms with Crippen molar-refractivity contribution in [1.82, 2.24) is 35.5 Å². The fraction of sp³-hybridized carbons (Fsp3) is 0.194. The molecule has 0 aliphatic heterocycles. The molecule has 5 aromatic rings. The fourth-order valence-electron chi connectivity index (χ4n) is 4.55. The third-order valence-electron chi connectivity index (χ3n) is 6.81. The first-order valence-electron chi connectivity index (χ1n) is 14.0. The average molecular weight is 664 g/mol. The molecular weight excluding hydrogens is 635 g/mol. The normalized spacial score (nSPS) is 11.5. The molecule has 46 heavy (non-hydrogen) atoms. The summed E-state index contributed by atoms with van der Waals surface area (Å²) in [6.07, 6.45) is 0.999. The highest BCUT2D eigenvalue weighted by Gasteiger charge is 2.25. The molecule has 0 fully saturated rings.